The van der Waals surface area contributed by atoms with Crippen LogP contribution in [0.15, 0.2) is 60.7 Å². The van der Waals surface area contributed by atoms with Crippen LogP contribution < -0.4 is 38.6 Å². The number of hydrogen-bond acceptors (Lipinski definition) is 11. The molecule has 354 valence electrons. The molecule has 0 aliphatic carbocycles. The topological polar surface area (TPSA) is 153 Å². The van der Waals surface area contributed by atoms with Crippen LogP contribution in [-0.2, 0) is 40.1 Å². The first-order valence-corrected chi connectivity index (χ1v) is 23.6. The van der Waals surface area contributed by atoms with Gasteiger partial charge in [0.1, 0.15) is 17.8 Å². The van der Waals surface area contributed by atoms with Gasteiger partial charge in [-0.2, -0.15) is 0 Å². The number of fused-ring (bicyclic) bond motifs is 2. The third-order valence-electron chi connectivity index (χ3n) is 14.2. The Hall–Kier alpha value is -5.79. The summed E-state index contributed by atoms with van der Waals surface area (Å²) in [7, 11) is 9.46. The van der Waals surface area contributed by atoms with Crippen molar-refractivity contribution in [3.63, 3.8) is 0 Å². The van der Waals surface area contributed by atoms with Gasteiger partial charge in [0.25, 0.3) is 0 Å². The second kappa shape index (κ2) is 21.2. The zero-order valence-electron chi connectivity index (χ0n) is 39.5. The molecule has 4 aliphatic rings. The van der Waals surface area contributed by atoms with E-state index >= 15 is 0 Å². The van der Waals surface area contributed by atoms with Crippen molar-refractivity contribution in [3.05, 3.63) is 94.0 Å². The molecule has 66 heavy (non-hydrogen) atoms. The van der Waals surface area contributed by atoms with Crippen LogP contribution in [0.1, 0.15) is 117 Å². The SMILES string of the molecule is COc1ccc2cc1Oc1ccc(cc1)CC1c3cc(c(OC)cc3CC[N+]1(C)CCCCCCC(=O)[O-])Oc1c(OC(C)=O)c(OC)cc3c1C(C2)[N+](C)(CCCCCCC(=O)[O-])CC3. The second-order valence-electron chi connectivity index (χ2n) is 18.8. The van der Waals surface area contributed by atoms with Crippen LogP contribution in [0.3, 0.4) is 0 Å². The largest absolute Gasteiger partial charge is 0.550 e. The van der Waals surface area contributed by atoms with Crippen LogP contribution in [0.4, 0.5) is 0 Å². The number of carbonyl (C=O) groups is 3. The minimum absolute atomic E-state index is 0.0271. The molecule has 4 aliphatic heterocycles. The van der Waals surface area contributed by atoms with Gasteiger partial charge >= 0.3 is 5.97 Å². The molecule has 0 fully saturated rings. The van der Waals surface area contributed by atoms with Gasteiger partial charge in [-0.25, -0.2) is 0 Å². The van der Waals surface area contributed by atoms with Crippen molar-refractivity contribution in [1.29, 1.82) is 0 Å². The first-order valence-electron chi connectivity index (χ1n) is 23.6. The van der Waals surface area contributed by atoms with E-state index in [1.807, 2.05) is 30.3 Å². The highest BCUT2D eigenvalue weighted by atomic mass is 16.6. The van der Waals surface area contributed by atoms with Gasteiger partial charge in [0, 0.05) is 50.1 Å². The number of esters is 1. The Morgan fingerprint density at radius 2 is 1.17 bits per heavy atom. The molecule has 4 aromatic rings. The van der Waals surface area contributed by atoms with Crippen LogP contribution >= 0.6 is 0 Å². The molecule has 0 saturated carbocycles. The number of methoxy groups -OCH3 is 3. The van der Waals surface area contributed by atoms with Crippen molar-refractivity contribution >= 4 is 17.9 Å². The molecule has 0 spiro atoms. The zero-order valence-corrected chi connectivity index (χ0v) is 39.5. The van der Waals surface area contributed by atoms with E-state index < -0.39 is 17.9 Å². The molecular formula is C53H66N2O11. The molecule has 0 amide bonds. The lowest BCUT2D eigenvalue weighted by atomic mass is 9.84. The second-order valence-corrected chi connectivity index (χ2v) is 18.8. The highest BCUT2D eigenvalue weighted by molar-refractivity contribution is 5.74. The maximum absolute atomic E-state index is 13.1. The van der Waals surface area contributed by atoms with Crippen LogP contribution in [0.5, 0.6) is 46.0 Å². The molecule has 4 aromatic carbocycles. The summed E-state index contributed by atoms with van der Waals surface area (Å²) < 4.78 is 39.5. The number of likely N-dealkylation sites (N-methyl/N-ethyl adjacent to an activating group) is 2. The Morgan fingerprint density at radius 1 is 0.621 bits per heavy atom. The Bertz CT molecular complexity index is 2380. The van der Waals surface area contributed by atoms with E-state index in [4.69, 9.17) is 28.4 Å². The number of carbonyl (C=O) groups excluding carboxylic acids is 3. The third-order valence-corrected chi connectivity index (χ3v) is 14.2. The lowest BCUT2D eigenvalue weighted by Gasteiger charge is -2.47. The van der Waals surface area contributed by atoms with E-state index in [-0.39, 0.29) is 30.7 Å². The van der Waals surface area contributed by atoms with E-state index in [1.165, 1.54) is 12.5 Å². The normalized spacial score (nSPS) is 20.7. The summed E-state index contributed by atoms with van der Waals surface area (Å²) in [6.45, 7) is 4.82. The van der Waals surface area contributed by atoms with Crippen LogP contribution in [0.2, 0.25) is 0 Å². The van der Waals surface area contributed by atoms with Gasteiger partial charge in [0.15, 0.2) is 34.5 Å². The van der Waals surface area contributed by atoms with Crippen molar-refractivity contribution < 1.29 is 62.0 Å². The minimum atomic E-state index is -1.02. The molecule has 8 rings (SSSR count). The first kappa shape index (κ1) is 48.2. The monoisotopic (exact) mass is 906 g/mol. The molecule has 13 heteroatoms. The number of aliphatic carboxylic acids is 2. The van der Waals surface area contributed by atoms with Gasteiger partial charge in [-0.1, -0.05) is 31.0 Å². The fourth-order valence-electron chi connectivity index (χ4n) is 10.5. The average molecular weight is 907 g/mol. The first-order chi connectivity index (χ1) is 31.7. The van der Waals surface area contributed by atoms with Gasteiger partial charge in [-0.15, -0.1) is 0 Å². The number of carboxylic acid groups (broad SMARTS) is 2. The van der Waals surface area contributed by atoms with Gasteiger partial charge in [0.05, 0.1) is 67.2 Å². The number of ether oxygens (including phenoxy) is 6. The maximum atomic E-state index is 13.1. The number of benzene rings is 4. The number of carboxylic acids is 2. The summed E-state index contributed by atoms with van der Waals surface area (Å²) in [4.78, 5) is 35.3. The number of quaternary nitrogens is 2. The summed E-state index contributed by atoms with van der Waals surface area (Å²) in [5.74, 6) is 1.42. The molecule has 4 atom stereocenters. The van der Waals surface area contributed by atoms with Crippen molar-refractivity contribution in [2.24, 2.45) is 0 Å². The average Bonchev–Trinajstić information content (AvgIpc) is 3.28. The summed E-state index contributed by atoms with van der Waals surface area (Å²) in [5.41, 5.74) is 6.45. The zero-order chi connectivity index (χ0) is 47.0. The standard InChI is InChI=1S/C53H66N2O11/c1-35(56)64-52-48(63-6)33-39-24-28-55(3,26-14-10-8-12-16-50(59)60)43-30-37-19-22-44(61-4)46(31-37)65-40-20-17-36(18-21-40)29-42-41-34-47(66-53(52)51(39)43)45(62-5)32-38(41)23-27-54(42,2)25-13-9-7-11-15-49(57)58/h17-22,31-34,42-43H,7-16,23-30H2,1-6H3. The molecule has 0 radical (unpaired) electrons. The lowest BCUT2D eigenvalue weighted by Crippen LogP contribution is -2.52. The highest BCUT2D eigenvalue weighted by Gasteiger charge is 2.44. The molecule has 0 aromatic heterocycles. The molecule has 6 bridgehead atoms. The van der Waals surface area contributed by atoms with E-state index in [9.17, 15) is 24.6 Å². The van der Waals surface area contributed by atoms with Crippen LogP contribution in [-0.4, -0.2) is 88.5 Å². The fraction of sp³-hybridized carbons (Fsp3) is 0.491. The predicted octanol–water partition coefficient (Wildman–Crippen LogP) is 7.51. The summed E-state index contributed by atoms with van der Waals surface area (Å²) in [5, 5.41) is 22.3. The Labute approximate surface area is 389 Å². The Morgan fingerprint density at radius 3 is 1.77 bits per heavy atom. The van der Waals surface area contributed by atoms with E-state index in [0.29, 0.717) is 70.4 Å². The number of hydrogen-bond donors (Lipinski definition) is 0. The van der Waals surface area contributed by atoms with Crippen molar-refractivity contribution in [1.82, 2.24) is 0 Å². The van der Waals surface area contributed by atoms with Gasteiger partial charge in [0.2, 0.25) is 5.75 Å². The molecule has 13 nitrogen and oxygen atoms in total. The molecule has 4 unspecified atom stereocenters. The minimum Gasteiger partial charge on any atom is -0.550 e. The van der Waals surface area contributed by atoms with Gasteiger partial charge in [-0.3, -0.25) is 4.79 Å². The third kappa shape index (κ3) is 11.1. The summed E-state index contributed by atoms with van der Waals surface area (Å²) >= 11 is 0. The quantitative estimate of drug-likeness (QED) is 0.0422. The molecule has 0 saturated heterocycles. The van der Waals surface area contributed by atoms with Crippen molar-refractivity contribution in [3.8, 4) is 46.0 Å². The number of unbranched alkanes of at least 4 members (excludes halogenated alkanes) is 6. The van der Waals surface area contributed by atoms with Crippen molar-refractivity contribution in [2.45, 2.75) is 109 Å². The predicted molar refractivity (Wildman–Crippen MR) is 245 cm³/mol. The Kier molecular flexibility index (Phi) is 15.5. The maximum Gasteiger partial charge on any atom is 0.308 e. The van der Waals surface area contributed by atoms with Crippen molar-refractivity contribution in [2.75, 3.05) is 61.6 Å². The van der Waals surface area contributed by atoms with Crippen LogP contribution in [0, 0.1) is 0 Å². The smallest absolute Gasteiger partial charge is 0.308 e. The van der Waals surface area contributed by atoms with Crippen LogP contribution in [0.25, 0.3) is 0 Å². The molecular weight excluding hydrogens is 841 g/mol. The van der Waals surface area contributed by atoms with Gasteiger partial charge in [-0.05, 0) is 116 Å². The summed E-state index contributed by atoms with van der Waals surface area (Å²) in [6, 6.07) is 20.4. The van der Waals surface area contributed by atoms with E-state index in [1.54, 1.807) is 21.3 Å². The number of nitrogens with zero attached hydrogens (tertiary/aromatic N) is 2. The van der Waals surface area contributed by atoms with Gasteiger partial charge < -0.3 is 57.2 Å². The molecule has 0 N–H and O–H groups in total. The Balaban J connectivity index is 1.41. The highest BCUT2D eigenvalue weighted by Crippen LogP contribution is 2.54. The molecule has 4 heterocycles. The lowest BCUT2D eigenvalue weighted by molar-refractivity contribution is -0.941. The summed E-state index contributed by atoms with van der Waals surface area (Å²) in [6.07, 6.45) is 9.40. The number of rotatable bonds is 18. The van der Waals surface area contributed by atoms with E-state index in [2.05, 4.69) is 44.4 Å². The fourth-order valence-corrected chi connectivity index (χ4v) is 10.5. The van der Waals surface area contributed by atoms with E-state index in [0.717, 1.165) is 110 Å².